The van der Waals surface area contributed by atoms with Crippen LogP contribution in [0.25, 0.3) is 5.57 Å². The highest BCUT2D eigenvalue weighted by Gasteiger charge is 2.46. The van der Waals surface area contributed by atoms with Crippen LogP contribution in [0.1, 0.15) is 24.2 Å². The molecular weight excluding hydrogens is 356 g/mol. The number of quaternary nitrogens is 1. The predicted octanol–water partition coefficient (Wildman–Crippen LogP) is 3.60. The number of anilines is 1. The van der Waals surface area contributed by atoms with Crippen molar-refractivity contribution in [2.24, 2.45) is 10.1 Å². The summed E-state index contributed by atoms with van der Waals surface area (Å²) in [6, 6.07) is 10.8. The van der Waals surface area contributed by atoms with Crippen molar-refractivity contribution in [1.82, 2.24) is 9.36 Å². The molecule has 5 rings (SSSR count). The molecule has 2 aromatic rings. The summed E-state index contributed by atoms with van der Waals surface area (Å²) in [5, 5.41) is 5.81. The van der Waals surface area contributed by atoms with Gasteiger partial charge in [0.25, 0.3) is 5.84 Å². The van der Waals surface area contributed by atoms with E-state index < -0.39 is 0 Å². The molecule has 1 aromatic carbocycles. The quantitative estimate of drug-likeness (QED) is 0.768. The Morgan fingerprint density at radius 3 is 2.70 bits per heavy atom. The van der Waals surface area contributed by atoms with Gasteiger partial charge >= 0.3 is 0 Å². The van der Waals surface area contributed by atoms with E-state index >= 15 is 0 Å². The molecular formula is C20H21N6S+. The maximum atomic E-state index is 4.78. The number of aliphatic imine (C=N–C) groups is 1. The summed E-state index contributed by atoms with van der Waals surface area (Å²) in [5.74, 6) is 1.87. The third-order valence-corrected chi connectivity index (χ3v) is 6.35. The van der Waals surface area contributed by atoms with Crippen LogP contribution in [-0.4, -0.2) is 45.3 Å². The Hall–Kier alpha value is -2.64. The van der Waals surface area contributed by atoms with Crippen molar-refractivity contribution >= 4 is 34.4 Å². The monoisotopic (exact) mass is 377 g/mol. The van der Waals surface area contributed by atoms with Crippen molar-refractivity contribution in [1.29, 1.82) is 0 Å². The number of benzene rings is 1. The topological polar surface area (TPSA) is 53.7 Å². The summed E-state index contributed by atoms with van der Waals surface area (Å²) >= 11 is 1.49. The number of hydrogen-bond acceptors (Lipinski definition) is 6. The molecule has 1 aromatic heterocycles. The smallest absolute Gasteiger partial charge is 0.261 e. The molecule has 1 saturated heterocycles. The van der Waals surface area contributed by atoms with Gasteiger partial charge in [-0.25, -0.2) is 4.98 Å². The standard InChI is InChI=1S/C20H21N6S/c1-15-23-20(27-24-15)25-10-7-18(8-11-25)26-12-9-17(13-19(26)21-14-22-26)16-5-3-2-4-6-16/h2-6,9,12-14,18H,7-8,10-11H2,1H3/q+1. The number of amidine groups is 1. The van der Waals surface area contributed by atoms with Crippen LogP contribution < -0.4 is 4.90 Å². The van der Waals surface area contributed by atoms with E-state index in [4.69, 9.17) is 5.10 Å². The van der Waals surface area contributed by atoms with E-state index in [-0.39, 0.29) is 0 Å². The van der Waals surface area contributed by atoms with E-state index in [2.05, 4.69) is 61.9 Å². The number of nitrogens with zero attached hydrogens (tertiary/aromatic N) is 6. The average Bonchev–Trinajstić information content (AvgIpc) is 3.35. The first-order valence-corrected chi connectivity index (χ1v) is 10.0. The van der Waals surface area contributed by atoms with Crippen LogP contribution in [0.15, 0.2) is 58.8 Å². The molecule has 0 spiro atoms. The van der Waals surface area contributed by atoms with Gasteiger partial charge in [-0.2, -0.15) is 9.37 Å². The maximum absolute atomic E-state index is 4.78. The van der Waals surface area contributed by atoms with Gasteiger partial charge in [-0.3, -0.25) is 0 Å². The summed E-state index contributed by atoms with van der Waals surface area (Å²) in [7, 11) is 0. The summed E-state index contributed by atoms with van der Waals surface area (Å²) < 4.78 is 4.81. The van der Waals surface area contributed by atoms with Crippen LogP contribution in [0, 0.1) is 6.92 Å². The Morgan fingerprint density at radius 2 is 1.96 bits per heavy atom. The molecule has 0 saturated carbocycles. The first-order chi connectivity index (χ1) is 13.2. The molecule has 4 heterocycles. The fourth-order valence-corrected chi connectivity index (χ4v) is 4.76. The zero-order valence-electron chi connectivity index (χ0n) is 15.2. The normalized spacial score (nSPS) is 24.7. The van der Waals surface area contributed by atoms with Crippen molar-refractivity contribution in [3.63, 3.8) is 0 Å². The Kier molecular flexibility index (Phi) is 3.98. The third kappa shape index (κ3) is 2.83. The lowest BCUT2D eigenvalue weighted by atomic mass is 9.98. The van der Waals surface area contributed by atoms with Gasteiger partial charge in [0, 0.05) is 49.6 Å². The molecule has 6 nitrogen and oxygen atoms in total. The van der Waals surface area contributed by atoms with E-state index in [0.717, 1.165) is 42.7 Å². The minimum atomic E-state index is 0.401. The van der Waals surface area contributed by atoms with Gasteiger partial charge in [-0.15, -0.1) is 4.59 Å². The molecule has 3 aliphatic heterocycles. The van der Waals surface area contributed by atoms with Crippen LogP contribution in [0.2, 0.25) is 0 Å². The average molecular weight is 377 g/mol. The lowest BCUT2D eigenvalue weighted by Crippen LogP contribution is -2.54. The Balaban J connectivity index is 1.35. The number of aryl methyl sites for hydroxylation is 1. The van der Waals surface area contributed by atoms with Crippen molar-refractivity contribution < 1.29 is 4.59 Å². The lowest BCUT2D eigenvalue weighted by Gasteiger charge is -2.39. The summed E-state index contributed by atoms with van der Waals surface area (Å²) in [4.78, 5) is 11.5. The number of aromatic nitrogens is 2. The molecule has 0 amide bonds. The minimum Gasteiger partial charge on any atom is -0.346 e. The number of hydrogen-bond donors (Lipinski definition) is 0. The van der Waals surface area contributed by atoms with Crippen LogP contribution >= 0.6 is 11.5 Å². The highest BCUT2D eigenvalue weighted by Crippen LogP contribution is 2.35. The van der Waals surface area contributed by atoms with Crippen molar-refractivity contribution in [3.8, 4) is 0 Å². The molecule has 0 radical (unpaired) electrons. The van der Waals surface area contributed by atoms with Gasteiger partial charge in [0.15, 0.2) is 6.34 Å². The maximum Gasteiger partial charge on any atom is 0.261 e. The Morgan fingerprint density at radius 1 is 1.15 bits per heavy atom. The number of piperidine rings is 1. The Labute approximate surface area is 162 Å². The summed E-state index contributed by atoms with van der Waals surface area (Å²) in [6.45, 7) is 3.90. The first kappa shape index (κ1) is 16.5. The van der Waals surface area contributed by atoms with Crippen LogP contribution in [0.3, 0.4) is 0 Å². The van der Waals surface area contributed by atoms with Gasteiger partial charge in [-0.05, 0) is 18.1 Å². The molecule has 7 heteroatoms. The number of allylic oxidation sites excluding steroid dienone is 2. The molecule has 1 unspecified atom stereocenters. The first-order valence-electron chi connectivity index (χ1n) is 9.27. The third-order valence-electron chi connectivity index (χ3n) is 5.48. The number of fused-ring (bicyclic) bond motifs is 1. The van der Waals surface area contributed by atoms with E-state index in [0.29, 0.717) is 10.6 Å². The molecule has 0 bridgehead atoms. The summed E-state index contributed by atoms with van der Waals surface area (Å²) in [6.07, 6.45) is 10.4. The van der Waals surface area contributed by atoms with Crippen molar-refractivity contribution in [2.75, 3.05) is 18.0 Å². The largest absolute Gasteiger partial charge is 0.346 e. The van der Waals surface area contributed by atoms with Crippen molar-refractivity contribution in [2.45, 2.75) is 25.8 Å². The molecule has 27 heavy (non-hydrogen) atoms. The Bertz CT molecular complexity index is 965. The van der Waals surface area contributed by atoms with E-state index in [9.17, 15) is 0 Å². The minimum absolute atomic E-state index is 0.401. The zero-order valence-corrected chi connectivity index (χ0v) is 16.0. The SMILES string of the molecule is Cc1nsc(N2CCC([N+]34C=CC(c5ccccc5)=CC3=NC=N4)CC2)n1. The molecule has 3 aliphatic rings. The van der Waals surface area contributed by atoms with E-state index in [1.807, 2.05) is 13.0 Å². The van der Waals surface area contributed by atoms with Crippen LogP contribution in [0.5, 0.6) is 0 Å². The molecule has 0 aliphatic carbocycles. The summed E-state index contributed by atoms with van der Waals surface area (Å²) in [5.41, 5.74) is 2.40. The van der Waals surface area contributed by atoms with E-state index in [1.165, 1.54) is 22.7 Å². The van der Waals surface area contributed by atoms with Gasteiger partial charge in [0.05, 0.1) is 0 Å². The zero-order chi connectivity index (χ0) is 18.3. The van der Waals surface area contributed by atoms with Crippen LogP contribution in [-0.2, 0) is 0 Å². The molecule has 1 atom stereocenters. The molecule has 136 valence electrons. The van der Waals surface area contributed by atoms with Crippen LogP contribution in [0.4, 0.5) is 5.13 Å². The number of rotatable bonds is 3. The van der Waals surface area contributed by atoms with Gasteiger partial charge in [0.1, 0.15) is 18.1 Å². The highest BCUT2D eigenvalue weighted by atomic mass is 32.1. The molecule has 1 fully saturated rings. The lowest BCUT2D eigenvalue weighted by molar-refractivity contribution is -0.821. The second kappa shape index (κ2) is 6.51. The highest BCUT2D eigenvalue weighted by molar-refractivity contribution is 7.09. The van der Waals surface area contributed by atoms with Gasteiger partial charge < -0.3 is 4.90 Å². The second-order valence-electron chi connectivity index (χ2n) is 7.08. The second-order valence-corrected chi connectivity index (χ2v) is 7.81. The van der Waals surface area contributed by atoms with E-state index in [1.54, 1.807) is 6.34 Å². The fourth-order valence-electron chi connectivity index (χ4n) is 4.04. The fraction of sp³-hybridized carbons (Fsp3) is 0.300. The van der Waals surface area contributed by atoms with Gasteiger partial charge in [0.2, 0.25) is 5.13 Å². The predicted molar refractivity (Wildman–Crippen MR) is 110 cm³/mol. The van der Waals surface area contributed by atoms with Gasteiger partial charge in [-0.1, -0.05) is 35.4 Å². The molecule has 0 N–H and O–H groups in total. The van der Waals surface area contributed by atoms with Crippen molar-refractivity contribution in [3.05, 3.63) is 60.1 Å².